The highest BCUT2D eigenvalue weighted by Crippen LogP contribution is 2.53. The van der Waals surface area contributed by atoms with Crippen molar-refractivity contribution in [2.24, 2.45) is 12.5 Å². The average Bonchev–Trinajstić information content (AvgIpc) is 3.51. The van der Waals surface area contributed by atoms with Crippen LogP contribution in [0.4, 0.5) is 14.5 Å². The molecule has 1 saturated heterocycles. The molecular weight excluding hydrogens is 595 g/mol. The van der Waals surface area contributed by atoms with Crippen LogP contribution in [0.3, 0.4) is 0 Å². The van der Waals surface area contributed by atoms with E-state index < -0.39 is 41.0 Å². The number of nitrogens with zero attached hydrogens (tertiary/aromatic N) is 5. The number of benzene rings is 3. The SMILES string of the molecule is Cn1nnc(-c2cccc(NC(=O)[C@@H]3N[C@@H](CC(C)(C)C)[C@](C#N)(c4ccc(Cl)cc4F)C3c3cccc(Cl)c3F)c2)n1. The molecule has 4 aromatic rings. The van der Waals surface area contributed by atoms with Gasteiger partial charge in [0.05, 0.1) is 24.2 Å². The summed E-state index contributed by atoms with van der Waals surface area (Å²) < 4.78 is 31.6. The van der Waals surface area contributed by atoms with Gasteiger partial charge in [-0.05, 0) is 52.9 Å². The number of nitriles is 1. The summed E-state index contributed by atoms with van der Waals surface area (Å²) in [5.74, 6) is -2.87. The van der Waals surface area contributed by atoms with Gasteiger partial charge in [0.1, 0.15) is 17.0 Å². The van der Waals surface area contributed by atoms with Gasteiger partial charge in [-0.3, -0.25) is 4.79 Å². The van der Waals surface area contributed by atoms with E-state index in [9.17, 15) is 10.1 Å². The molecule has 2 heterocycles. The summed E-state index contributed by atoms with van der Waals surface area (Å²) in [5, 5.41) is 29.2. The molecule has 0 aliphatic carbocycles. The van der Waals surface area contributed by atoms with Crippen LogP contribution in [0.25, 0.3) is 11.4 Å². The summed E-state index contributed by atoms with van der Waals surface area (Å²) in [6, 6.07) is 15.7. The lowest BCUT2D eigenvalue weighted by Crippen LogP contribution is -2.45. The number of carbonyl (C=O) groups excluding carboxylic acids is 1. The van der Waals surface area contributed by atoms with Crippen molar-refractivity contribution in [1.29, 1.82) is 5.26 Å². The van der Waals surface area contributed by atoms with Gasteiger partial charge < -0.3 is 10.6 Å². The van der Waals surface area contributed by atoms with Gasteiger partial charge in [-0.15, -0.1) is 10.2 Å². The number of aryl methyl sites for hydroxylation is 1. The summed E-state index contributed by atoms with van der Waals surface area (Å²) in [4.78, 5) is 15.5. The number of halogens is 4. The van der Waals surface area contributed by atoms with Crippen LogP contribution in [0.2, 0.25) is 10.0 Å². The Balaban J connectivity index is 1.66. The Morgan fingerprint density at radius 1 is 1.14 bits per heavy atom. The second-order valence-corrected chi connectivity index (χ2v) is 12.7. The molecule has 222 valence electrons. The molecule has 1 unspecified atom stereocenters. The molecule has 0 radical (unpaired) electrons. The van der Waals surface area contributed by atoms with Gasteiger partial charge in [-0.25, -0.2) is 8.78 Å². The molecule has 0 saturated carbocycles. The highest BCUT2D eigenvalue weighted by atomic mass is 35.5. The Hall–Kier alpha value is -3.91. The molecule has 43 heavy (non-hydrogen) atoms. The maximum absolute atomic E-state index is 15.8. The lowest BCUT2D eigenvalue weighted by atomic mass is 9.62. The summed E-state index contributed by atoms with van der Waals surface area (Å²) in [6.07, 6.45) is 0.360. The number of anilines is 1. The number of carbonyl (C=O) groups is 1. The van der Waals surface area contributed by atoms with E-state index in [1.54, 1.807) is 37.4 Å². The van der Waals surface area contributed by atoms with E-state index in [4.69, 9.17) is 23.2 Å². The quantitative estimate of drug-likeness (QED) is 0.256. The molecule has 3 aromatic carbocycles. The number of tetrazole rings is 1. The Bertz CT molecular complexity index is 1730. The molecule has 8 nitrogen and oxygen atoms in total. The lowest BCUT2D eigenvalue weighted by molar-refractivity contribution is -0.118. The van der Waals surface area contributed by atoms with Crippen LogP contribution >= 0.6 is 23.2 Å². The van der Waals surface area contributed by atoms with Gasteiger partial charge >= 0.3 is 0 Å². The number of aromatic nitrogens is 4. The first-order valence-electron chi connectivity index (χ1n) is 13.6. The molecule has 1 aliphatic rings. The fourth-order valence-corrected chi connectivity index (χ4v) is 6.25. The van der Waals surface area contributed by atoms with Crippen molar-refractivity contribution in [3.63, 3.8) is 0 Å². The summed E-state index contributed by atoms with van der Waals surface area (Å²) >= 11 is 12.3. The van der Waals surface area contributed by atoms with Gasteiger partial charge in [0.15, 0.2) is 0 Å². The minimum Gasteiger partial charge on any atom is -0.325 e. The highest BCUT2D eigenvalue weighted by Gasteiger charge is 2.61. The average molecular weight is 625 g/mol. The molecule has 0 spiro atoms. The molecule has 12 heteroatoms. The van der Waals surface area contributed by atoms with Gasteiger partial charge in [-0.1, -0.05) is 74.3 Å². The van der Waals surface area contributed by atoms with Crippen molar-refractivity contribution < 1.29 is 13.6 Å². The van der Waals surface area contributed by atoms with E-state index in [1.165, 1.54) is 29.1 Å². The minimum atomic E-state index is -1.72. The van der Waals surface area contributed by atoms with Crippen LogP contribution in [0.5, 0.6) is 0 Å². The van der Waals surface area contributed by atoms with Crippen LogP contribution in [0.15, 0.2) is 60.7 Å². The molecule has 0 bridgehead atoms. The molecule has 2 N–H and O–H groups in total. The summed E-state index contributed by atoms with van der Waals surface area (Å²) in [5.41, 5.74) is -1.02. The van der Waals surface area contributed by atoms with Crippen molar-refractivity contribution in [3.8, 4) is 17.5 Å². The number of rotatable bonds is 6. The van der Waals surface area contributed by atoms with Crippen LogP contribution < -0.4 is 10.6 Å². The van der Waals surface area contributed by atoms with E-state index in [1.807, 2.05) is 20.8 Å². The molecule has 4 atom stereocenters. The maximum atomic E-state index is 15.8. The predicted molar refractivity (Wildman–Crippen MR) is 160 cm³/mol. The van der Waals surface area contributed by atoms with Crippen LogP contribution in [-0.2, 0) is 17.3 Å². The molecule has 5 rings (SSSR count). The zero-order valence-corrected chi connectivity index (χ0v) is 25.4. The minimum absolute atomic E-state index is 0.0107. The predicted octanol–water partition coefficient (Wildman–Crippen LogP) is 6.42. The number of hydrogen-bond donors (Lipinski definition) is 2. The Labute approximate surface area is 258 Å². The van der Waals surface area contributed by atoms with E-state index in [0.29, 0.717) is 23.5 Å². The Morgan fingerprint density at radius 2 is 1.88 bits per heavy atom. The van der Waals surface area contributed by atoms with Crippen molar-refractivity contribution in [2.45, 2.75) is 50.6 Å². The number of amides is 1. The fraction of sp³-hybridized carbons (Fsp3) is 0.323. The molecule has 1 aromatic heterocycles. The first-order valence-corrected chi connectivity index (χ1v) is 14.3. The Morgan fingerprint density at radius 3 is 2.53 bits per heavy atom. The largest absolute Gasteiger partial charge is 0.325 e. The second-order valence-electron chi connectivity index (χ2n) is 11.9. The lowest BCUT2D eigenvalue weighted by Gasteiger charge is -2.37. The van der Waals surface area contributed by atoms with Gasteiger partial charge in [-0.2, -0.15) is 10.1 Å². The summed E-state index contributed by atoms with van der Waals surface area (Å²) in [6.45, 7) is 5.93. The zero-order chi connectivity index (χ0) is 31.1. The van der Waals surface area contributed by atoms with Crippen LogP contribution in [-0.4, -0.2) is 38.2 Å². The van der Waals surface area contributed by atoms with Gasteiger partial charge in [0.25, 0.3) is 0 Å². The first-order chi connectivity index (χ1) is 20.3. The van der Waals surface area contributed by atoms with E-state index >= 15 is 8.78 Å². The van der Waals surface area contributed by atoms with Crippen molar-refractivity contribution in [3.05, 3.63) is 93.5 Å². The van der Waals surface area contributed by atoms with E-state index in [2.05, 4.69) is 32.1 Å². The molecular formula is C31H29Cl2F2N7O. The fourth-order valence-electron chi connectivity index (χ4n) is 5.91. The second kappa shape index (κ2) is 11.6. The van der Waals surface area contributed by atoms with E-state index in [-0.39, 0.29) is 26.6 Å². The van der Waals surface area contributed by atoms with Crippen LogP contribution in [0, 0.1) is 28.4 Å². The summed E-state index contributed by atoms with van der Waals surface area (Å²) in [7, 11) is 1.64. The standard InChI is InChI=1S/C31H29Cl2F2N7O/c1-30(2,3)15-24-31(16-36,21-12-11-18(32)14-23(21)34)25(20-9-6-10-22(33)26(20)35)27(38-24)29(43)37-19-8-5-7-17(13-19)28-39-41-42(4)40-28/h5-14,24-25,27,38H,15H2,1-4H3,(H,37,43)/t24-,25?,27+,31-/m0/s1. The molecule has 1 fully saturated rings. The first kappa shape index (κ1) is 30.5. The van der Waals surface area contributed by atoms with Crippen molar-refractivity contribution >= 4 is 34.8 Å². The Kier molecular flexibility index (Phi) is 8.27. The zero-order valence-electron chi connectivity index (χ0n) is 23.9. The monoisotopic (exact) mass is 623 g/mol. The van der Waals surface area contributed by atoms with Gasteiger partial charge in [0.2, 0.25) is 11.7 Å². The maximum Gasteiger partial charge on any atom is 0.242 e. The molecule has 1 amide bonds. The normalized spacial score (nSPS) is 21.9. The third-order valence-corrected chi connectivity index (χ3v) is 8.16. The topological polar surface area (TPSA) is 109 Å². The van der Waals surface area contributed by atoms with E-state index in [0.717, 1.165) is 6.07 Å². The molecule has 1 aliphatic heterocycles. The third kappa shape index (κ3) is 5.85. The number of nitrogens with one attached hydrogen (secondary N) is 2. The third-order valence-electron chi connectivity index (χ3n) is 7.63. The van der Waals surface area contributed by atoms with Gasteiger partial charge in [0, 0.05) is 33.8 Å². The smallest absolute Gasteiger partial charge is 0.242 e. The number of hydrogen-bond acceptors (Lipinski definition) is 6. The van der Waals surface area contributed by atoms with Crippen molar-refractivity contribution in [1.82, 2.24) is 25.5 Å². The highest BCUT2D eigenvalue weighted by molar-refractivity contribution is 6.31. The van der Waals surface area contributed by atoms with Crippen molar-refractivity contribution in [2.75, 3.05) is 5.32 Å². The van der Waals surface area contributed by atoms with Crippen LogP contribution in [0.1, 0.15) is 44.2 Å².